The van der Waals surface area contributed by atoms with Crippen molar-refractivity contribution in [3.05, 3.63) is 64.7 Å². The van der Waals surface area contributed by atoms with E-state index in [0.717, 1.165) is 10.4 Å². The Morgan fingerprint density at radius 1 is 1.14 bits per heavy atom. The molecule has 0 aliphatic rings. The molecule has 0 saturated carbocycles. The van der Waals surface area contributed by atoms with Gasteiger partial charge in [0.1, 0.15) is 0 Å². The Balaban J connectivity index is 1.63. The number of ether oxygens (including phenoxy) is 2. The highest BCUT2D eigenvalue weighted by atomic mass is 32.2. The first-order chi connectivity index (χ1) is 14.0. The van der Waals surface area contributed by atoms with E-state index in [1.165, 1.54) is 25.6 Å². The summed E-state index contributed by atoms with van der Waals surface area (Å²) >= 11 is 1.88. The molecule has 3 rings (SSSR count). The van der Waals surface area contributed by atoms with Crippen molar-refractivity contribution < 1.29 is 23.0 Å². The monoisotopic (exact) mass is 436 g/mol. The molecule has 0 spiro atoms. The van der Waals surface area contributed by atoms with E-state index in [9.17, 15) is 13.6 Å². The first-order valence-corrected chi connectivity index (χ1v) is 10.2. The van der Waals surface area contributed by atoms with Crippen molar-refractivity contribution in [3.8, 4) is 11.5 Å². The van der Waals surface area contributed by atoms with Crippen LogP contribution in [0.4, 0.5) is 13.9 Å². The van der Waals surface area contributed by atoms with E-state index in [1.54, 1.807) is 36.5 Å². The van der Waals surface area contributed by atoms with E-state index >= 15 is 0 Å². The third-order valence-corrected chi connectivity index (χ3v) is 5.58. The lowest BCUT2D eigenvalue weighted by Crippen LogP contribution is -2.11. The Kier molecular flexibility index (Phi) is 7.05. The standard InChI is InChI=1S/C20H18F2N2O3S2/c1-26-16-8-5-13(10-17(16)27-2)18(25)24-20-23-11-15(29-20)9-12-3-6-14(7-4-12)28-19(21)22/h3-8,10-11,19H,9H2,1-2H3,(H,23,24,25). The number of hydrogen-bond donors (Lipinski definition) is 1. The van der Waals surface area contributed by atoms with Gasteiger partial charge in [0.2, 0.25) is 0 Å². The van der Waals surface area contributed by atoms with Crippen LogP contribution in [0.15, 0.2) is 53.6 Å². The van der Waals surface area contributed by atoms with Crippen LogP contribution in [-0.2, 0) is 6.42 Å². The van der Waals surface area contributed by atoms with Crippen molar-refractivity contribution in [1.29, 1.82) is 0 Å². The highest BCUT2D eigenvalue weighted by Gasteiger charge is 2.13. The van der Waals surface area contributed by atoms with Crippen LogP contribution in [0.3, 0.4) is 0 Å². The van der Waals surface area contributed by atoms with Crippen LogP contribution in [0, 0.1) is 0 Å². The summed E-state index contributed by atoms with van der Waals surface area (Å²) in [5.41, 5.74) is 1.40. The molecule has 0 aliphatic heterocycles. The van der Waals surface area contributed by atoms with Crippen molar-refractivity contribution in [3.63, 3.8) is 0 Å². The van der Waals surface area contributed by atoms with Crippen LogP contribution < -0.4 is 14.8 Å². The van der Waals surface area contributed by atoms with Crippen LogP contribution in [0.5, 0.6) is 11.5 Å². The van der Waals surface area contributed by atoms with Crippen molar-refractivity contribution in [2.45, 2.75) is 17.1 Å². The number of rotatable bonds is 8. The summed E-state index contributed by atoms with van der Waals surface area (Å²) in [6.07, 6.45) is 2.29. The Hall–Kier alpha value is -2.65. The average molecular weight is 437 g/mol. The molecule has 29 heavy (non-hydrogen) atoms. The Bertz CT molecular complexity index is 978. The summed E-state index contributed by atoms with van der Waals surface area (Å²) in [6, 6.07) is 11.9. The quantitative estimate of drug-likeness (QED) is 0.485. The van der Waals surface area contributed by atoms with Gasteiger partial charge in [0.25, 0.3) is 11.7 Å². The fourth-order valence-electron chi connectivity index (χ4n) is 2.58. The Morgan fingerprint density at radius 2 is 1.86 bits per heavy atom. The highest BCUT2D eigenvalue weighted by Crippen LogP contribution is 2.29. The molecule has 5 nitrogen and oxygen atoms in total. The number of thiazole rings is 1. The van der Waals surface area contributed by atoms with Gasteiger partial charge in [-0.1, -0.05) is 23.9 Å². The molecule has 0 radical (unpaired) electrons. The van der Waals surface area contributed by atoms with E-state index in [2.05, 4.69) is 10.3 Å². The number of carbonyl (C=O) groups excluding carboxylic acids is 1. The number of nitrogens with one attached hydrogen (secondary N) is 1. The van der Waals surface area contributed by atoms with E-state index in [4.69, 9.17) is 9.47 Å². The van der Waals surface area contributed by atoms with Crippen molar-refractivity contribution >= 4 is 34.1 Å². The number of carbonyl (C=O) groups is 1. The van der Waals surface area contributed by atoms with Crippen molar-refractivity contribution in [1.82, 2.24) is 4.98 Å². The zero-order chi connectivity index (χ0) is 20.8. The van der Waals surface area contributed by atoms with Gasteiger partial charge in [0, 0.05) is 28.0 Å². The number of thioether (sulfide) groups is 1. The lowest BCUT2D eigenvalue weighted by Gasteiger charge is -2.09. The topological polar surface area (TPSA) is 60.5 Å². The van der Waals surface area contributed by atoms with Gasteiger partial charge in [-0.15, -0.1) is 11.3 Å². The van der Waals surface area contributed by atoms with Gasteiger partial charge in [-0.3, -0.25) is 10.1 Å². The van der Waals surface area contributed by atoms with Gasteiger partial charge in [0.05, 0.1) is 14.2 Å². The van der Waals surface area contributed by atoms with Crippen LogP contribution >= 0.6 is 23.1 Å². The molecule has 1 amide bonds. The first-order valence-electron chi connectivity index (χ1n) is 8.50. The molecule has 9 heteroatoms. The number of nitrogens with zero attached hydrogens (tertiary/aromatic N) is 1. The summed E-state index contributed by atoms with van der Waals surface area (Å²) in [6.45, 7) is 0. The summed E-state index contributed by atoms with van der Waals surface area (Å²) < 4.78 is 35.2. The third kappa shape index (κ3) is 5.68. The van der Waals surface area contributed by atoms with Crippen LogP contribution in [-0.4, -0.2) is 30.9 Å². The summed E-state index contributed by atoms with van der Waals surface area (Å²) in [5.74, 6) is -1.73. The normalized spacial score (nSPS) is 10.8. The van der Waals surface area contributed by atoms with Crippen LogP contribution in [0.2, 0.25) is 0 Å². The molecular formula is C20H18F2N2O3S2. The van der Waals surface area contributed by atoms with E-state index in [-0.39, 0.29) is 5.91 Å². The second-order valence-electron chi connectivity index (χ2n) is 5.85. The van der Waals surface area contributed by atoms with E-state index in [1.807, 2.05) is 12.1 Å². The van der Waals surface area contributed by atoms with Crippen molar-refractivity contribution in [2.75, 3.05) is 19.5 Å². The number of anilines is 1. The van der Waals surface area contributed by atoms with E-state index in [0.29, 0.717) is 45.3 Å². The Labute approximate surface area is 175 Å². The molecule has 152 valence electrons. The molecule has 1 N–H and O–H groups in total. The van der Waals surface area contributed by atoms with Gasteiger partial charge in [-0.05, 0) is 35.9 Å². The third-order valence-electron chi connectivity index (χ3n) is 3.95. The fourth-order valence-corrected chi connectivity index (χ4v) is 3.92. The number of benzene rings is 2. The number of halogens is 2. The largest absolute Gasteiger partial charge is 0.493 e. The number of hydrogen-bond acceptors (Lipinski definition) is 6. The predicted octanol–water partition coefficient (Wildman–Crippen LogP) is 5.32. The minimum Gasteiger partial charge on any atom is -0.493 e. The second kappa shape index (κ2) is 9.71. The minimum atomic E-state index is -2.43. The number of methoxy groups -OCH3 is 2. The molecule has 3 aromatic rings. The van der Waals surface area contributed by atoms with Crippen LogP contribution in [0.1, 0.15) is 20.8 Å². The second-order valence-corrected chi connectivity index (χ2v) is 8.03. The zero-order valence-corrected chi connectivity index (χ0v) is 17.3. The number of amides is 1. The molecule has 0 saturated heterocycles. The Morgan fingerprint density at radius 3 is 2.52 bits per heavy atom. The smallest absolute Gasteiger partial charge is 0.288 e. The summed E-state index contributed by atoms with van der Waals surface area (Å²) in [7, 11) is 3.03. The lowest BCUT2D eigenvalue weighted by molar-refractivity contribution is 0.102. The maximum atomic E-state index is 12.5. The summed E-state index contributed by atoms with van der Waals surface area (Å²) in [4.78, 5) is 18.2. The molecule has 2 aromatic carbocycles. The van der Waals surface area contributed by atoms with E-state index < -0.39 is 5.76 Å². The predicted molar refractivity (Wildman–Crippen MR) is 111 cm³/mol. The maximum absolute atomic E-state index is 12.5. The summed E-state index contributed by atoms with van der Waals surface area (Å²) in [5, 5.41) is 3.25. The first kappa shape index (κ1) is 21.1. The maximum Gasteiger partial charge on any atom is 0.288 e. The minimum absolute atomic E-state index is 0.305. The molecule has 0 aliphatic carbocycles. The number of aromatic nitrogens is 1. The van der Waals surface area contributed by atoms with Gasteiger partial charge >= 0.3 is 0 Å². The fraction of sp³-hybridized carbons (Fsp3) is 0.200. The lowest BCUT2D eigenvalue weighted by atomic mass is 10.1. The SMILES string of the molecule is COc1ccc(C(=O)Nc2ncc(Cc3ccc(SC(F)F)cc3)s2)cc1OC. The van der Waals surface area contributed by atoms with Crippen molar-refractivity contribution in [2.24, 2.45) is 0 Å². The molecule has 1 heterocycles. The van der Waals surface area contributed by atoms with Gasteiger partial charge < -0.3 is 9.47 Å². The van der Waals surface area contributed by atoms with Crippen LogP contribution in [0.25, 0.3) is 0 Å². The zero-order valence-electron chi connectivity index (χ0n) is 15.6. The molecule has 0 bridgehead atoms. The number of alkyl halides is 2. The molecule has 0 unspecified atom stereocenters. The van der Waals surface area contributed by atoms with Gasteiger partial charge in [-0.25, -0.2) is 4.98 Å². The average Bonchev–Trinajstić information content (AvgIpc) is 3.15. The molecule has 1 aromatic heterocycles. The molecular weight excluding hydrogens is 418 g/mol. The van der Waals surface area contributed by atoms with Gasteiger partial charge in [0.15, 0.2) is 16.6 Å². The highest BCUT2D eigenvalue weighted by molar-refractivity contribution is 7.99. The van der Waals surface area contributed by atoms with Gasteiger partial charge in [-0.2, -0.15) is 8.78 Å². The molecule has 0 fully saturated rings. The molecule has 0 atom stereocenters.